The molecule has 0 amide bonds. The van der Waals surface area contributed by atoms with Crippen LogP contribution in [-0.4, -0.2) is 33.3 Å². The summed E-state index contributed by atoms with van der Waals surface area (Å²) in [5.74, 6) is -2.31. The van der Waals surface area contributed by atoms with Gasteiger partial charge in [0.2, 0.25) is 11.6 Å². The fraction of sp³-hybridized carbons (Fsp3) is 0.200. The number of Topliss-reactive ketones (excluding diaryl/α,β-unsaturated/α-hetero) is 4. The fourth-order valence-electron chi connectivity index (χ4n) is 3.82. The molecule has 0 spiro atoms. The molecule has 0 radical (unpaired) electrons. The predicted molar refractivity (Wildman–Crippen MR) is 138 cm³/mol. The van der Waals surface area contributed by atoms with Gasteiger partial charge in [0.1, 0.15) is 0 Å². The molecule has 0 saturated carbocycles. The maximum absolute atomic E-state index is 12.2. The summed E-state index contributed by atoms with van der Waals surface area (Å²) in [4.78, 5) is 48.2. The maximum atomic E-state index is 12.2. The zero-order chi connectivity index (χ0) is 26.6. The van der Waals surface area contributed by atoms with Crippen LogP contribution in [0.4, 0.5) is 0 Å². The molecule has 186 valence electrons. The van der Waals surface area contributed by atoms with E-state index in [1.54, 1.807) is 48.5 Å². The number of aliphatic hydroxyl groups is 2. The standard InChI is InChI=1S/2C15H14O3.Cd/c2*1-9(2)7-8-12-13(16)10-5-3-4-6-11(10)14(17)15(12)18;/h2*3-7,18H,8H2,1-2H3;. The van der Waals surface area contributed by atoms with E-state index in [4.69, 9.17) is 0 Å². The van der Waals surface area contributed by atoms with Crippen molar-refractivity contribution in [1.29, 1.82) is 0 Å². The van der Waals surface area contributed by atoms with Crippen LogP contribution in [0.1, 0.15) is 82.0 Å². The normalized spacial score (nSPS) is 14.2. The summed E-state index contributed by atoms with van der Waals surface area (Å²) in [5, 5.41) is 19.7. The van der Waals surface area contributed by atoms with Gasteiger partial charge in [-0.2, -0.15) is 0 Å². The van der Waals surface area contributed by atoms with E-state index in [0.717, 1.165) is 11.1 Å². The number of benzene rings is 2. The average molecular weight is 597 g/mol. The van der Waals surface area contributed by atoms with Crippen molar-refractivity contribution in [2.24, 2.45) is 0 Å². The molecule has 6 nitrogen and oxygen atoms in total. The van der Waals surface area contributed by atoms with E-state index in [1.807, 2.05) is 39.8 Å². The smallest absolute Gasteiger partial charge is 0.228 e. The molecule has 0 atom stereocenters. The molecule has 0 heterocycles. The van der Waals surface area contributed by atoms with Gasteiger partial charge in [-0.05, 0) is 40.5 Å². The molecular weight excluding hydrogens is 569 g/mol. The third-order valence-corrected chi connectivity index (χ3v) is 5.81. The molecule has 0 unspecified atom stereocenters. The zero-order valence-electron chi connectivity index (χ0n) is 21.4. The number of hydrogen-bond donors (Lipinski definition) is 2. The molecule has 4 rings (SSSR count). The molecule has 37 heavy (non-hydrogen) atoms. The topological polar surface area (TPSA) is 109 Å². The summed E-state index contributed by atoms with van der Waals surface area (Å²) in [6.07, 6.45) is 4.22. The minimum atomic E-state index is -0.470. The first-order chi connectivity index (χ1) is 17.0. The first-order valence-electron chi connectivity index (χ1n) is 11.5. The van der Waals surface area contributed by atoms with Gasteiger partial charge < -0.3 is 10.2 Å². The van der Waals surface area contributed by atoms with Crippen LogP contribution in [0.15, 0.2) is 94.5 Å². The Morgan fingerprint density at radius 1 is 0.568 bits per heavy atom. The largest absolute Gasteiger partial charge is 0.504 e. The van der Waals surface area contributed by atoms with Crippen LogP contribution in [0, 0.1) is 0 Å². The Morgan fingerprint density at radius 3 is 1.11 bits per heavy atom. The van der Waals surface area contributed by atoms with E-state index in [2.05, 4.69) is 0 Å². The van der Waals surface area contributed by atoms with Crippen molar-refractivity contribution < 1.29 is 56.7 Å². The molecule has 0 saturated heterocycles. The van der Waals surface area contributed by atoms with Gasteiger partial charge in [0.05, 0.1) is 0 Å². The van der Waals surface area contributed by atoms with Crippen LogP contribution < -0.4 is 0 Å². The summed E-state index contributed by atoms with van der Waals surface area (Å²) in [6, 6.07) is 13.1. The van der Waals surface area contributed by atoms with Gasteiger partial charge in [0.15, 0.2) is 23.1 Å². The third-order valence-electron chi connectivity index (χ3n) is 5.81. The van der Waals surface area contributed by atoms with Crippen molar-refractivity contribution in [3.05, 3.63) is 117 Å². The van der Waals surface area contributed by atoms with Crippen molar-refractivity contribution in [2.75, 3.05) is 0 Å². The van der Waals surface area contributed by atoms with Crippen LogP contribution in [0.5, 0.6) is 0 Å². The molecule has 7 heteroatoms. The number of allylic oxidation sites excluding steroid dienone is 8. The molecule has 2 aromatic rings. The minimum Gasteiger partial charge on any atom is -0.504 e. The summed E-state index contributed by atoms with van der Waals surface area (Å²) in [6.45, 7) is 7.61. The fourth-order valence-corrected chi connectivity index (χ4v) is 3.82. The Bertz CT molecular complexity index is 1290. The van der Waals surface area contributed by atoms with E-state index in [1.165, 1.54) is 0 Å². The van der Waals surface area contributed by atoms with E-state index in [0.29, 0.717) is 11.1 Å². The van der Waals surface area contributed by atoms with Gasteiger partial charge in [-0.25, -0.2) is 0 Å². The SMILES string of the molecule is CC(C)=CCC1=C(O)C(=O)c2ccccc2C1=O.CC(C)=CCC1=C(O)C(=O)c2ccccc2C1=O.[Cd]. The van der Waals surface area contributed by atoms with Gasteiger partial charge in [0.25, 0.3) is 0 Å². The quantitative estimate of drug-likeness (QED) is 0.310. The van der Waals surface area contributed by atoms with Gasteiger partial charge >= 0.3 is 0 Å². The molecule has 2 N–H and O–H groups in total. The van der Waals surface area contributed by atoms with Crippen LogP contribution in [0.25, 0.3) is 0 Å². The molecular formula is C30H28CdO6. The second-order valence-corrected chi connectivity index (χ2v) is 9.03. The van der Waals surface area contributed by atoms with E-state index >= 15 is 0 Å². The van der Waals surface area contributed by atoms with Gasteiger partial charge in [-0.1, -0.05) is 71.8 Å². The first-order valence-corrected chi connectivity index (χ1v) is 11.5. The monoisotopic (exact) mass is 598 g/mol. The Hall–Kier alpha value is -3.40. The average Bonchev–Trinajstić information content (AvgIpc) is 2.86. The van der Waals surface area contributed by atoms with Crippen molar-refractivity contribution in [3.8, 4) is 0 Å². The summed E-state index contributed by atoms with van der Waals surface area (Å²) in [7, 11) is 0. The molecule has 0 aliphatic heterocycles. The Labute approximate surface area is 236 Å². The van der Waals surface area contributed by atoms with Gasteiger partial charge in [-0.3, -0.25) is 19.2 Å². The number of hydrogen-bond acceptors (Lipinski definition) is 6. The Morgan fingerprint density at radius 2 is 0.838 bits per heavy atom. The van der Waals surface area contributed by atoms with Crippen molar-refractivity contribution >= 4 is 23.1 Å². The number of carbonyl (C=O) groups excluding carboxylic acids is 4. The summed E-state index contributed by atoms with van der Waals surface area (Å²) < 4.78 is 0. The molecule has 0 aromatic heterocycles. The number of ketones is 4. The summed E-state index contributed by atoms with van der Waals surface area (Å²) in [5.41, 5.74) is 3.74. The van der Waals surface area contributed by atoms with Crippen LogP contribution >= 0.6 is 0 Å². The van der Waals surface area contributed by atoms with Crippen LogP contribution in [0.3, 0.4) is 0 Å². The van der Waals surface area contributed by atoms with E-state index in [-0.39, 0.29) is 74.0 Å². The van der Waals surface area contributed by atoms with Crippen molar-refractivity contribution in [1.82, 2.24) is 0 Å². The molecule has 0 bridgehead atoms. The summed E-state index contributed by atoms with van der Waals surface area (Å²) >= 11 is 0. The van der Waals surface area contributed by atoms with Crippen LogP contribution in [0.2, 0.25) is 0 Å². The molecule has 2 aliphatic carbocycles. The number of fused-ring (bicyclic) bond motifs is 2. The minimum absolute atomic E-state index is 0. The molecule has 0 fully saturated rings. The number of rotatable bonds is 4. The van der Waals surface area contributed by atoms with Crippen molar-refractivity contribution in [2.45, 2.75) is 40.5 Å². The van der Waals surface area contributed by atoms with Crippen molar-refractivity contribution in [3.63, 3.8) is 0 Å². The zero-order valence-corrected chi connectivity index (χ0v) is 25.5. The number of aliphatic hydroxyl groups excluding tert-OH is 2. The maximum Gasteiger partial charge on any atom is 0.228 e. The van der Waals surface area contributed by atoms with Crippen LogP contribution in [-0.2, 0) is 27.3 Å². The van der Waals surface area contributed by atoms with E-state index < -0.39 is 23.1 Å². The second-order valence-electron chi connectivity index (χ2n) is 9.03. The Balaban J connectivity index is 0.000000253. The van der Waals surface area contributed by atoms with E-state index in [9.17, 15) is 29.4 Å². The first kappa shape index (κ1) is 29.8. The van der Waals surface area contributed by atoms with Gasteiger partial charge in [0, 0.05) is 60.7 Å². The predicted octanol–water partition coefficient (Wildman–Crippen LogP) is 6.47. The molecule has 2 aromatic carbocycles. The number of carbonyl (C=O) groups is 4. The molecule has 2 aliphatic rings. The Kier molecular flexibility index (Phi) is 10.3. The third kappa shape index (κ3) is 6.49. The second kappa shape index (κ2) is 12.7. The van der Waals surface area contributed by atoms with Gasteiger partial charge in [-0.15, -0.1) is 0 Å².